The Morgan fingerprint density at radius 3 is 2.46 bits per heavy atom. The second-order valence-corrected chi connectivity index (χ2v) is 7.80. The van der Waals surface area contributed by atoms with Gasteiger partial charge in [0.1, 0.15) is 9.88 Å². The Kier molecular flexibility index (Phi) is 6.34. The van der Waals surface area contributed by atoms with Crippen LogP contribution in [0.15, 0.2) is 48.5 Å². The fourth-order valence-corrected chi connectivity index (χ4v) is 3.63. The number of carbonyl (C=O) groups excluding carboxylic acids is 2. The number of esters is 1. The molecule has 1 aromatic heterocycles. The van der Waals surface area contributed by atoms with Gasteiger partial charge < -0.3 is 10.1 Å². The summed E-state index contributed by atoms with van der Waals surface area (Å²) in [7, 11) is 0. The highest BCUT2D eigenvalue weighted by atomic mass is 35.5. The van der Waals surface area contributed by atoms with Crippen LogP contribution < -0.4 is 5.32 Å². The molecular formula is C20H16Cl2N2O3S. The average Bonchev–Trinajstić information content (AvgIpc) is 3.06. The van der Waals surface area contributed by atoms with Gasteiger partial charge in [-0.1, -0.05) is 47.5 Å². The molecule has 1 atom stereocenters. The van der Waals surface area contributed by atoms with E-state index < -0.39 is 18.0 Å². The van der Waals surface area contributed by atoms with Gasteiger partial charge in [0, 0.05) is 10.6 Å². The molecule has 0 aliphatic carbocycles. The van der Waals surface area contributed by atoms with Crippen molar-refractivity contribution in [2.75, 3.05) is 5.32 Å². The van der Waals surface area contributed by atoms with E-state index in [1.807, 2.05) is 12.1 Å². The first-order valence-corrected chi connectivity index (χ1v) is 9.92. The zero-order chi connectivity index (χ0) is 20.3. The predicted molar refractivity (Wildman–Crippen MR) is 112 cm³/mol. The third kappa shape index (κ3) is 4.70. The van der Waals surface area contributed by atoms with Crippen LogP contribution in [0.2, 0.25) is 10.0 Å². The summed E-state index contributed by atoms with van der Waals surface area (Å²) in [4.78, 5) is 29.6. The molecule has 2 aromatic carbocycles. The van der Waals surface area contributed by atoms with Gasteiger partial charge in [0.15, 0.2) is 6.10 Å². The van der Waals surface area contributed by atoms with Gasteiger partial charge in [0.25, 0.3) is 5.91 Å². The Morgan fingerprint density at radius 2 is 1.79 bits per heavy atom. The molecule has 0 aliphatic heterocycles. The summed E-state index contributed by atoms with van der Waals surface area (Å²) in [5, 5.41) is 4.34. The molecule has 0 fully saturated rings. The summed E-state index contributed by atoms with van der Waals surface area (Å²) in [5.74, 6) is -1.07. The Hall–Kier alpha value is -2.41. The molecule has 1 heterocycles. The van der Waals surface area contributed by atoms with Crippen molar-refractivity contribution in [2.45, 2.75) is 20.0 Å². The normalized spacial score (nSPS) is 11.7. The Bertz CT molecular complexity index is 1020. The minimum atomic E-state index is -0.996. The van der Waals surface area contributed by atoms with E-state index in [0.29, 0.717) is 31.3 Å². The lowest BCUT2D eigenvalue weighted by atomic mass is 10.2. The maximum absolute atomic E-state index is 12.5. The van der Waals surface area contributed by atoms with E-state index in [1.165, 1.54) is 18.3 Å². The zero-order valence-corrected chi connectivity index (χ0v) is 17.4. The molecule has 0 bridgehead atoms. The number of para-hydroxylation sites is 1. The number of aryl methyl sites for hydroxylation is 1. The Labute approximate surface area is 176 Å². The van der Waals surface area contributed by atoms with Crippen molar-refractivity contribution in [3.63, 3.8) is 0 Å². The van der Waals surface area contributed by atoms with Gasteiger partial charge in [-0.15, -0.1) is 11.3 Å². The number of ether oxygens (including phenoxy) is 1. The van der Waals surface area contributed by atoms with Crippen LogP contribution in [-0.4, -0.2) is 23.0 Å². The van der Waals surface area contributed by atoms with Crippen LogP contribution in [0.3, 0.4) is 0 Å². The van der Waals surface area contributed by atoms with Gasteiger partial charge in [-0.2, -0.15) is 0 Å². The molecule has 0 radical (unpaired) electrons. The molecule has 8 heteroatoms. The molecule has 1 N–H and O–H groups in total. The minimum Gasteiger partial charge on any atom is -0.448 e. The van der Waals surface area contributed by atoms with Crippen LogP contribution in [0.5, 0.6) is 0 Å². The highest BCUT2D eigenvalue weighted by Gasteiger charge is 2.23. The zero-order valence-electron chi connectivity index (χ0n) is 15.0. The lowest BCUT2D eigenvalue weighted by Crippen LogP contribution is -2.30. The number of halogens is 2. The number of anilines is 1. The van der Waals surface area contributed by atoms with Gasteiger partial charge in [-0.25, -0.2) is 9.78 Å². The first-order chi connectivity index (χ1) is 13.3. The summed E-state index contributed by atoms with van der Waals surface area (Å²) in [6.07, 6.45) is -0.996. The van der Waals surface area contributed by atoms with E-state index in [9.17, 15) is 9.59 Å². The van der Waals surface area contributed by atoms with E-state index in [0.717, 1.165) is 5.56 Å². The average molecular weight is 435 g/mol. The second kappa shape index (κ2) is 8.73. The van der Waals surface area contributed by atoms with Crippen LogP contribution in [0, 0.1) is 6.92 Å². The number of hydrogen-bond acceptors (Lipinski definition) is 5. The number of rotatable bonds is 5. The van der Waals surface area contributed by atoms with Crippen LogP contribution in [0.4, 0.5) is 5.69 Å². The first kappa shape index (κ1) is 20.3. The van der Waals surface area contributed by atoms with E-state index >= 15 is 0 Å². The molecule has 1 unspecified atom stereocenters. The fourth-order valence-electron chi connectivity index (χ4n) is 2.37. The largest absolute Gasteiger partial charge is 0.448 e. The maximum Gasteiger partial charge on any atom is 0.351 e. The number of nitrogens with one attached hydrogen (secondary N) is 1. The van der Waals surface area contributed by atoms with Crippen LogP contribution >= 0.6 is 34.5 Å². The predicted octanol–water partition coefficient (Wildman–Crippen LogP) is 5.61. The number of aromatic nitrogens is 1. The van der Waals surface area contributed by atoms with E-state index in [1.54, 1.807) is 43.3 Å². The lowest BCUT2D eigenvalue weighted by Gasteiger charge is -2.13. The molecule has 0 saturated heterocycles. The molecule has 0 aliphatic rings. The number of thiazole rings is 1. The van der Waals surface area contributed by atoms with Gasteiger partial charge in [-0.05, 0) is 38.1 Å². The molecule has 0 saturated carbocycles. The van der Waals surface area contributed by atoms with Gasteiger partial charge in [0.05, 0.1) is 16.4 Å². The van der Waals surface area contributed by atoms with Crippen molar-refractivity contribution in [2.24, 2.45) is 0 Å². The summed E-state index contributed by atoms with van der Waals surface area (Å²) in [6.45, 7) is 3.22. The molecule has 3 rings (SSSR count). The number of amides is 1. The van der Waals surface area contributed by atoms with Gasteiger partial charge in [0.2, 0.25) is 0 Å². The number of carbonyl (C=O) groups is 2. The second-order valence-electron chi connectivity index (χ2n) is 5.96. The summed E-state index contributed by atoms with van der Waals surface area (Å²) in [5.41, 5.74) is 1.84. The van der Waals surface area contributed by atoms with Crippen molar-refractivity contribution in [1.82, 2.24) is 4.98 Å². The monoisotopic (exact) mass is 434 g/mol. The number of hydrogen-bond donors (Lipinski definition) is 1. The van der Waals surface area contributed by atoms with Crippen LogP contribution in [0.1, 0.15) is 22.3 Å². The van der Waals surface area contributed by atoms with E-state index in [2.05, 4.69) is 10.3 Å². The first-order valence-electron chi connectivity index (χ1n) is 8.35. The summed E-state index contributed by atoms with van der Waals surface area (Å²) >= 11 is 13.1. The minimum absolute atomic E-state index is 0.349. The lowest BCUT2D eigenvalue weighted by molar-refractivity contribution is -0.123. The van der Waals surface area contributed by atoms with Crippen LogP contribution in [0.25, 0.3) is 10.6 Å². The third-order valence-electron chi connectivity index (χ3n) is 3.86. The molecule has 1 amide bonds. The molecule has 5 nitrogen and oxygen atoms in total. The van der Waals surface area contributed by atoms with E-state index in [4.69, 9.17) is 27.9 Å². The summed E-state index contributed by atoms with van der Waals surface area (Å²) in [6, 6.07) is 14.0. The Balaban J connectivity index is 1.69. The standard InChI is InChI=1S/C20H16Cl2N2O3S/c1-11-17(28-19(23-11)13-7-9-14(21)10-8-13)20(26)27-12(2)18(25)24-16-6-4-3-5-15(16)22/h3-10,12H,1-2H3,(H,24,25). The van der Waals surface area contributed by atoms with Gasteiger partial charge in [-0.3, -0.25) is 4.79 Å². The summed E-state index contributed by atoms with van der Waals surface area (Å²) < 4.78 is 5.31. The third-order valence-corrected chi connectivity index (χ3v) is 5.63. The molecule has 3 aromatic rings. The smallest absolute Gasteiger partial charge is 0.351 e. The number of benzene rings is 2. The van der Waals surface area contributed by atoms with Crippen molar-refractivity contribution in [3.05, 3.63) is 69.1 Å². The molecule has 144 valence electrons. The SMILES string of the molecule is Cc1nc(-c2ccc(Cl)cc2)sc1C(=O)OC(C)C(=O)Nc1ccccc1Cl. The topological polar surface area (TPSA) is 68.3 Å². The van der Waals surface area contributed by atoms with Crippen LogP contribution in [-0.2, 0) is 9.53 Å². The molecule has 0 spiro atoms. The molecular weight excluding hydrogens is 419 g/mol. The number of nitrogens with zero attached hydrogens (tertiary/aromatic N) is 1. The van der Waals surface area contributed by atoms with Crippen molar-refractivity contribution in [1.29, 1.82) is 0 Å². The Morgan fingerprint density at radius 1 is 1.11 bits per heavy atom. The highest BCUT2D eigenvalue weighted by molar-refractivity contribution is 7.17. The quantitative estimate of drug-likeness (QED) is 0.529. The van der Waals surface area contributed by atoms with Crippen molar-refractivity contribution >= 4 is 52.1 Å². The highest BCUT2D eigenvalue weighted by Crippen LogP contribution is 2.29. The van der Waals surface area contributed by atoms with Gasteiger partial charge >= 0.3 is 5.97 Å². The fraction of sp³-hybridized carbons (Fsp3) is 0.150. The van der Waals surface area contributed by atoms with Crippen molar-refractivity contribution < 1.29 is 14.3 Å². The van der Waals surface area contributed by atoms with Crippen molar-refractivity contribution in [3.8, 4) is 10.6 Å². The van der Waals surface area contributed by atoms with E-state index in [-0.39, 0.29) is 0 Å². The maximum atomic E-state index is 12.5. The molecule has 28 heavy (non-hydrogen) atoms.